The first-order valence-electron chi connectivity index (χ1n) is 11.7. The number of hydrogen-bond donors (Lipinski definition) is 1. The van der Waals surface area contributed by atoms with E-state index in [0.717, 1.165) is 5.56 Å². The van der Waals surface area contributed by atoms with E-state index < -0.39 is 10.8 Å². The Morgan fingerprint density at radius 1 is 0.919 bits per heavy atom. The molecule has 0 aliphatic rings. The fraction of sp³-hybridized carbons (Fsp3) is 0.207. The zero-order chi connectivity index (χ0) is 26.6. The molecular formula is C29H28N2O6. The molecule has 1 amide bonds. The van der Waals surface area contributed by atoms with Gasteiger partial charge in [-0.15, -0.1) is 0 Å². The number of rotatable bonds is 8. The van der Waals surface area contributed by atoms with Gasteiger partial charge in [0.2, 0.25) is 0 Å². The zero-order valence-electron chi connectivity index (χ0n) is 21.1. The lowest BCUT2D eigenvalue weighted by molar-refractivity contribution is -0.384. The number of non-ortho nitro benzene ring substituents is 1. The van der Waals surface area contributed by atoms with Crippen LogP contribution in [0.5, 0.6) is 17.2 Å². The Labute approximate surface area is 215 Å². The Hall–Kier alpha value is -4.59. The van der Waals surface area contributed by atoms with Gasteiger partial charge in [0.15, 0.2) is 5.76 Å². The summed E-state index contributed by atoms with van der Waals surface area (Å²) in [5, 5.41) is 14.1. The highest BCUT2D eigenvalue weighted by atomic mass is 16.6. The van der Waals surface area contributed by atoms with Gasteiger partial charge >= 0.3 is 0 Å². The van der Waals surface area contributed by atoms with Crippen molar-refractivity contribution in [2.75, 3.05) is 5.32 Å². The molecule has 0 spiro atoms. The summed E-state index contributed by atoms with van der Waals surface area (Å²) in [6.07, 6.45) is 0. The average molecular weight is 501 g/mol. The third-order valence-electron chi connectivity index (χ3n) is 5.60. The maximum atomic E-state index is 12.8. The average Bonchev–Trinajstić information content (AvgIpc) is 3.33. The molecule has 0 bridgehead atoms. The molecule has 190 valence electrons. The topological polar surface area (TPSA) is 104 Å². The number of aryl methyl sites for hydroxylation is 1. The predicted octanol–water partition coefficient (Wildman–Crippen LogP) is 7.42. The summed E-state index contributed by atoms with van der Waals surface area (Å²) in [6, 6.07) is 22.3. The number of hydrogen-bond acceptors (Lipinski definition) is 6. The van der Waals surface area contributed by atoms with Crippen LogP contribution in [-0.4, -0.2) is 10.8 Å². The molecule has 0 fully saturated rings. The predicted molar refractivity (Wildman–Crippen MR) is 140 cm³/mol. The van der Waals surface area contributed by atoms with Crippen LogP contribution in [-0.2, 0) is 12.0 Å². The highest BCUT2D eigenvalue weighted by molar-refractivity contribution is 6.02. The van der Waals surface area contributed by atoms with Crippen molar-refractivity contribution in [2.45, 2.75) is 39.7 Å². The number of nitro groups is 1. The molecule has 8 nitrogen and oxygen atoms in total. The van der Waals surface area contributed by atoms with Gasteiger partial charge in [-0.1, -0.05) is 50.6 Å². The Morgan fingerprint density at radius 3 is 2.24 bits per heavy atom. The van der Waals surface area contributed by atoms with Crippen molar-refractivity contribution in [3.05, 3.63) is 112 Å². The molecule has 0 atom stereocenters. The SMILES string of the molecule is Cc1ccc(Oc2cc(NC(=O)c3ccc(COc4ccc(C(C)(C)C)cc4)o3)cc([N+](=O)[O-])c2)cc1. The summed E-state index contributed by atoms with van der Waals surface area (Å²) in [7, 11) is 0. The normalized spacial score (nSPS) is 11.1. The van der Waals surface area contributed by atoms with Crippen LogP contribution in [0.1, 0.15) is 48.2 Å². The third kappa shape index (κ3) is 6.76. The van der Waals surface area contributed by atoms with Gasteiger partial charge in [-0.2, -0.15) is 0 Å². The van der Waals surface area contributed by atoms with Crippen LogP contribution in [0.4, 0.5) is 11.4 Å². The number of nitrogens with one attached hydrogen (secondary N) is 1. The van der Waals surface area contributed by atoms with Crippen molar-refractivity contribution in [1.29, 1.82) is 0 Å². The van der Waals surface area contributed by atoms with Crippen LogP contribution in [0.15, 0.2) is 83.3 Å². The zero-order valence-corrected chi connectivity index (χ0v) is 21.1. The van der Waals surface area contributed by atoms with Crippen LogP contribution < -0.4 is 14.8 Å². The number of anilines is 1. The van der Waals surface area contributed by atoms with Crippen LogP contribution >= 0.6 is 0 Å². The second kappa shape index (κ2) is 10.6. The van der Waals surface area contributed by atoms with Crippen LogP contribution in [0.2, 0.25) is 0 Å². The van der Waals surface area contributed by atoms with Crippen LogP contribution in [0.25, 0.3) is 0 Å². The smallest absolute Gasteiger partial charge is 0.291 e. The van der Waals surface area contributed by atoms with Crippen molar-refractivity contribution >= 4 is 17.3 Å². The van der Waals surface area contributed by atoms with Crippen molar-refractivity contribution < 1.29 is 23.6 Å². The Kier molecular flexibility index (Phi) is 7.29. The minimum atomic E-state index is -0.553. The monoisotopic (exact) mass is 500 g/mol. The molecular weight excluding hydrogens is 472 g/mol. The molecule has 1 aromatic heterocycles. The summed E-state index contributed by atoms with van der Waals surface area (Å²) in [6.45, 7) is 8.52. The standard InChI is InChI=1S/C29H28N2O6/c1-19-5-9-24(10-6-19)36-26-16-21(15-22(17-26)31(33)34)30-28(32)27-14-13-25(37-27)18-35-23-11-7-20(8-12-23)29(2,3)4/h5-17H,18H2,1-4H3,(H,30,32). The van der Waals surface area contributed by atoms with E-state index in [0.29, 0.717) is 17.3 Å². The van der Waals surface area contributed by atoms with Gasteiger partial charge in [0.25, 0.3) is 11.6 Å². The van der Waals surface area contributed by atoms with Crippen molar-refractivity contribution in [2.24, 2.45) is 0 Å². The van der Waals surface area contributed by atoms with E-state index in [1.54, 1.807) is 18.2 Å². The quantitative estimate of drug-likeness (QED) is 0.199. The minimum absolute atomic E-state index is 0.0501. The molecule has 0 saturated carbocycles. The molecule has 4 aromatic rings. The summed E-state index contributed by atoms with van der Waals surface area (Å²) >= 11 is 0. The van der Waals surface area contributed by atoms with E-state index >= 15 is 0 Å². The van der Waals surface area contributed by atoms with E-state index in [-0.39, 0.29) is 34.9 Å². The molecule has 0 aliphatic heterocycles. The molecule has 4 rings (SSSR count). The lowest BCUT2D eigenvalue weighted by Gasteiger charge is -2.19. The summed E-state index contributed by atoms with van der Waals surface area (Å²) in [5.74, 6) is 1.39. The van der Waals surface area contributed by atoms with E-state index in [1.807, 2.05) is 43.3 Å². The second-order valence-corrected chi connectivity index (χ2v) is 9.67. The van der Waals surface area contributed by atoms with Crippen molar-refractivity contribution in [3.63, 3.8) is 0 Å². The van der Waals surface area contributed by atoms with Gasteiger partial charge in [0, 0.05) is 12.1 Å². The van der Waals surface area contributed by atoms with Crippen molar-refractivity contribution in [3.8, 4) is 17.2 Å². The minimum Gasteiger partial charge on any atom is -0.486 e. The number of nitrogens with zero attached hydrogens (tertiary/aromatic N) is 1. The summed E-state index contributed by atoms with van der Waals surface area (Å²) < 4.78 is 17.2. The maximum Gasteiger partial charge on any atom is 0.291 e. The van der Waals surface area contributed by atoms with E-state index in [4.69, 9.17) is 13.9 Å². The van der Waals surface area contributed by atoms with E-state index in [9.17, 15) is 14.9 Å². The molecule has 1 heterocycles. The summed E-state index contributed by atoms with van der Waals surface area (Å²) in [5.41, 5.74) is 2.29. The number of nitro benzene ring substituents is 1. The third-order valence-corrected chi connectivity index (χ3v) is 5.60. The second-order valence-electron chi connectivity index (χ2n) is 9.67. The number of ether oxygens (including phenoxy) is 2. The molecule has 8 heteroatoms. The fourth-order valence-corrected chi connectivity index (χ4v) is 3.54. The Balaban J connectivity index is 1.42. The molecule has 0 aliphatic carbocycles. The van der Waals surface area contributed by atoms with Gasteiger partial charge in [-0.05, 0) is 54.3 Å². The largest absolute Gasteiger partial charge is 0.486 e. The molecule has 1 N–H and O–H groups in total. The van der Waals surface area contributed by atoms with Gasteiger partial charge in [-0.3, -0.25) is 14.9 Å². The van der Waals surface area contributed by atoms with Crippen LogP contribution in [0.3, 0.4) is 0 Å². The number of carbonyl (C=O) groups is 1. The number of benzene rings is 3. The molecule has 0 radical (unpaired) electrons. The van der Waals surface area contributed by atoms with E-state index in [1.165, 1.54) is 29.8 Å². The molecule has 37 heavy (non-hydrogen) atoms. The molecule has 0 unspecified atom stereocenters. The number of carbonyl (C=O) groups excluding carboxylic acids is 1. The van der Waals surface area contributed by atoms with Gasteiger partial charge in [0.1, 0.15) is 29.6 Å². The fourth-order valence-electron chi connectivity index (χ4n) is 3.54. The lowest BCUT2D eigenvalue weighted by atomic mass is 9.87. The first-order valence-corrected chi connectivity index (χ1v) is 11.7. The number of amides is 1. The first kappa shape index (κ1) is 25.5. The highest BCUT2D eigenvalue weighted by Gasteiger charge is 2.17. The first-order chi connectivity index (χ1) is 17.6. The van der Waals surface area contributed by atoms with Gasteiger partial charge in [-0.25, -0.2) is 0 Å². The van der Waals surface area contributed by atoms with Gasteiger partial charge < -0.3 is 19.2 Å². The molecule has 3 aromatic carbocycles. The Morgan fingerprint density at radius 2 is 1.59 bits per heavy atom. The van der Waals surface area contributed by atoms with E-state index in [2.05, 4.69) is 26.1 Å². The lowest BCUT2D eigenvalue weighted by Crippen LogP contribution is -2.11. The summed E-state index contributed by atoms with van der Waals surface area (Å²) in [4.78, 5) is 23.6. The Bertz CT molecular complexity index is 1400. The molecule has 0 saturated heterocycles. The maximum absolute atomic E-state index is 12.8. The van der Waals surface area contributed by atoms with Gasteiger partial charge in [0.05, 0.1) is 16.7 Å². The van der Waals surface area contributed by atoms with Crippen LogP contribution in [0, 0.1) is 17.0 Å². The highest BCUT2D eigenvalue weighted by Crippen LogP contribution is 2.30. The van der Waals surface area contributed by atoms with Crippen molar-refractivity contribution in [1.82, 2.24) is 0 Å². The number of furan rings is 1.